The smallest absolute Gasteiger partial charge is 0.220 e. The molecule has 1 amide bonds. The van der Waals surface area contributed by atoms with Crippen LogP contribution >= 0.6 is 0 Å². The van der Waals surface area contributed by atoms with Gasteiger partial charge in [-0.3, -0.25) is 4.79 Å². The highest BCUT2D eigenvalue weighted by atomic mass is 16.6. The lowest BCUT2D eigenvalue weighted by Gasteiger charge is -2.23. The van der Waals surface area contributed by atoms with E-state index in [2.05, 4.69) is 5.32 Å². The second-order valence-electron chi connectivity index (χ2n) is 5.68. The van der Waals surface area contributed by atoms with Gasteiger partial charge < -0.3 is 20.5 Å². The largest absolute Gasteiger partial charge is 0.486 e. The minimum absolute atomic E-state index is 0.0751. The van der Waals surface area contributed by atoms with Gasteiger partial charge in [0.1, 0.15) is 13.2 Å². The molecule has 3 N–H and O–H groups in total. The number of ether oxygens (including phenoxy) is 2. The van der Waals surface area contributed by atoms with Crippen molar-refractivity contribution >= 4 is 5.91 Å². The summed E-state index contributed by atoms with van der Waals surface area (Å²) in [5.41, 5.74) is 6.56. The molecule has 1 aromatic carbocycles. The fourth-order valence-electron chi connectivity index (χ4n) is 2.66. The van der Waals surface area contributed by atoms with Gasteiger partial charge in [0.05, 0.1) is 6.04 Å². The topological polar surface area (TPSA) is 73.6 Å². The number of hydrogen-bond acceptors (Lipinski definition) is 4. The van der Waals surface area contributed by atoms with E-state index in [1.807, 2.05) is 18.2 Å². The van der Waals surface area contributed by atoms with Crippen LogP contribution in [0.4, 0.5) is 0 Å². The quantitative estimate of drug-likeness (QED) is 0.837. The maximum absolute atomic E-state index is 12.0. The Labute approximate surface area is 124 Å². The summed E-state index contributed by atoms with van der Waals surface area (Å²) in [4.78, 5) is 12.0. The van der Waals surface area contributed by atoms with Crippen LogP contribution in [-0.4, -0.2) is 25.7 Å². The third-order valence-electron chi connectivity index (χ3n) is 3.94. The van der Waals surface area contributed by atoms with Crippen LogP contribution in [0.2, 0.25) is 0 Å². The molecule has 2 aliphatic rings. The van der Waals surface area contributed by atoms with Crippen molar-refractivity contribution in [3.8, 4) is 11.5 Å². The standard InChI is InChI=1S/C16H22N2O3/c17-7-1-2-15(19)18-16(11-3-4-11)12-5-6-13-14(10-12)21-9-8-20-13/h5-6,10-11,16H,1-4,7-9,17H2,(H,18,19). The zero-order valence-electron chi connectivity index (χ0n) is 12.1. The van der Waals surface area contributed by atoms with Crippen molar-refractivity contribution in [2.75, 3.05) is 19.8 Å². The number of fused-ring (bicyclic) bond motifs is 1. The Bertz CT molecular complexity index is 514. The predicted octanol–water partition coefficient (Wildman–Crippen LogP) is 1.76. The summed E-state index contributed by atoms with van der Waals surface area (Å²) in [6.07, 6.45) is 3.54. The van der Waals surface area contributed by atoms with Crippen LogP contribution in [-0.2, 0) is 4.79 Å². The molecule has 1 atom stereocenters. The zero-order chi connectivity index (χ0) is 14.7. The molecule has 1 aromatic rings. The normalized spacial score (nSPS) is 18.1. The molecule has 0 radical (unpaired) electrons. The van der Waals surface area contributed by atoms with Crippen molar-refractivity contribution in [1.29, 1.82) is 0 Å². The lowest BCUT2D eigenvalue weighted by molar-refractivity contribution is -0.122. The number of benzene rings is 1. The number of amides is 1. The molecule has 0 saturated heterocycles. The number of carbonyl (C=O) groups is 1. The molecule has 0 aromatic heterocycles. The van der Waals surface area contributed by atoms with Crippen LogP contribution in [0.15, 0.2) is 18.2 Å². The van der Waals surface area contributed by atoms with Gasteiger partial charge in [0.2, 0.25) is 5.91 Å². The lowest BCUT2D eigenvalue weighted by Crippen LogP contribution is -2.30. The van der Waals surface area contributed by atoms with E-state index in [4.69, 9.17) is 15.2 Å². The van der Waals surface area contributed by atoms with E-state index >= 15 is 0 Å². The van der Waals surface area contributed by atoms with Crippen LogP contribution in [0.3, 0.4) is 0 Å². The van der Waals surface area contributed by atoms with Crippen molar-refractivity contribution in [1.82, 2.24) is 5.32 Å². The molecule has 5 heteroatoms. The summed E-state index contributed by atoms with van der Waals surface area (Å²) in [5, 5.41) is 3.15. The summed E-state index contributed by atoms with van der Waals surface area (Å²) >= 11 is 0. The number of carbonyl (C=O) groups excluding carboxylic acids is 1. The van der Waals surface area contributed by atoms with Gasteiger partial charge >= 0.3 is 0 Å². The Morgan fingerprint density at radius 2 is 2.05 bits per heavy atom. The van der Waals surface area contributed by atoms with Crippen molar-refractivity contribution in [3.63, 3.8) is 0 Å². The number of nitrogens with one attached hydrogen (secondary N) is 1. The SMILES string of the molecule is NCCCC(=O)NC(c1ccc2c(c1)OCCO2)C1CC1. The van der Waals surface area contributed by atoms with Gasteiger partial charge in [0, 0.05) is 6.42 Å². The zero-order valence-corrected chi connectivity index (χ0v) is 12.1. The Morgan fingerprint density at radius 1 is 1.29 bits per heavy atom. The summed E-state index contributed by atoms with van der Waals surface area (Å²) in [6, 6.07) is 6.04. The van der Waals surface area contributed by atoms with E-state index in [1.165, 1.54) is 0 Å². The number of hydrogen-bond donors (Lipinski definition) is 2. The fourth-order valence-corrected chi connectivity index (χ4v) is 2.66. The Hall–Kier alpha value is -1.75. The molecular formula is C16H22N2O3. The fraction of sp³-hybridized carbons (Fsp3) is 0.562. The van der Waals surface area contributed by atoms with Crippen LogP contribution in [0, 0.1) is 5.92 Å². The molecule has 21 heavy (non-hydrogen) atoms. The Morgan fingerprint density at radius 3 is 2.76 bits per heavy atom. The second kappa shape index (κ2) is 6.35. The molecule has 0 bridgehead atoms. The van der Waals surface area contributed by atoms with Gasteiger partial charge in [-0.1, -0.05) is 6.07 Å². The minimum atomic E-state index is 0.0751. The molecule has 3 rings (SSSR count). The number of rotatable bonds is 6. The predicted molar refractivity (Wildman–Crippen MR) is 79.3 cm³/mol. The van der Waals surface area contributed by atoms with E-state index < -0.39 is 0 Å². The molecule has 1 aliphatic carbocycles. The highest BCUT2D eigenvalue weighted by Crippen LogP contribution is 2.43. The summed E-state index contributed by atoms with van der Waals surface area (Å²) in [5.74, 6) is 2.18. The Kier molecular flexibility index (Phi) is 4.29. The summed E-state index contributed by atoms with van der Waals surface area (Å²) in [7, 11) is 0. The van der Waals surface area contributed by atoms with Crippen LogP contribution in [0.1, 0.15) is 37.3 Å². The molecule has 1 unspecified atom stereocenters. The van der Waals surface area contributed by atoms with Gasteiger partial charge in [-0.05, 0) is 49.4 Å². The van der Waals surface area contributed by atoms with Gasteiger partial charge in [0.25, 0.3) is 0 Å². The third-order valence-corrected chi connectivity index (χ3v) is 3.94. The summed E-state index contributed by atoms with van der Waals surface area (Å²) < 4.78 is 11.2. The number of nitrogens with two attached hydrogens (primary N) is 1. The third kappa shape index (κ3) is 3.47. The van der Waals surface area contributed by atoms with E-state index in [1.54, 1.807) is 0 Å². The van der Waals surface area contributed by atoms with Crippen molar-refractivity contribution in [2.45, 2.75) is 31.7 Å². The average molecular weight is 290 g/mol. The summed E-state index contributed by atoms with van der Waals surface area (Å²) in [6.45, 7) is 1.72. The first-order valence-electron chi connectivity index (χ1n) is 7.67. The molecule has 5 nitrogen and oxygen atoms in total. The van der Waals surface area contributed by atoms with E-state index in [0.717, 1.165) is 36.3 Å². The lowest BCUT2D eigenvalue weighted by atomic mass is 10.0. The van der Waals surface area contributed by atoms with Crippen LogP contribution in [0.5, 0.6) is 11.5 Å². The maximum Gasteiger partial charge on any atom is 0.220 e. The Balaban J connectivity index is 1.73. The van der Waals surface area contributed by atoms with Crippen LogP contribution in [0.25, 0.3) is 0 Å². The molecule has 1 saturated carbocycles. The van der Waals surface area contributed by atoms with Crippen molar-refractivity contribution in [2.24, 2.45) is 11.7 Å². The molecule has 1 fully saturated rings. The van der Waals surface area contributed by atoms with E-state index in [-0.39, 0.29) is 11.9 Å². The van der Waals surface area contributed by atoms with Crippen LogP contribution < -0.4 is 20.5 Å². The van der Waals surface area contributed by atoms with Crippen molar-refractivity contribution in [3.05, 3.63) is 23.8 Å². The highest BCUT2D eigenvalue weighted by Gasteiger charge is 2.34. The van der Waals surface area contributed by atoms with Crippen molar-refractivity contribution < 1.29 is 14.3 Å². The minimum Gasteiger partial charge on any atom is -0.486 e. The van der Waals surface area contributed by atoms with Gasteiger partial charge in [-0.15, -0.1) is 0 Å². The van der Waals surface area contributed by atoms with Gasteiger partial charge in [0.15, 0.2) is 11.5 Å². The molecule has 114 valence electrons. The molecule has 1 heterocycles. The highest BCUT2D eigenvalue weighted by molar-refractivity contribution is 5.76. The molecule has 1 aliphatic heterocycles. The van der Waals surface area contributed by atoms with Gasteiger partial charge in [-0.25, -0.2) is 0 Å². The van der Waals surface area contributed by atoms with E-state index in [0.29, 0.717) is 32.1 Å². The second-order valence-corrected chi connectivity index (χ2v) is 5.68. The first-order chi connectivity index (χ1) is 10.3. The molecule has 0 spiro atoms. The average Bonchev–Trinajstić information content (AvgIpc) is 3.35. The molecular weight excluding hydrogens is 268 g/mol. The van der Waals surface area contributed by atoms with E-state index in [9.17, 15) is 4.79 Å². The monoisotopic (exact) mass is 290 g/mol. The maximum atomic E-state index is 12.0. The van der Waals surface area contributed by atoms with Gasteiger partial charge in [-0.2, -0.15) is 0 Å². The first-order valence-corrected chi connectivity index (χ1v) is 7.67. The first kappa shape index (κ1) is 14.2.